The predicted molar refractivity (Wildman–Crippen MR) is 58.2 cm³/mol. The molecule has 1 rings (SSSR count). The Labute approximate surface area is 94.2 Å². The van der Waals surface area contributed by atoms with Gasteiger partial charge in [0, 0.05) is 20.1 Å². The number of ether oxygens (including phenoxy) is 2. The highest BCUT2D eigenvalue weighted by molar-refractivity contribution is 6.31. The van der Waals surface area contributed by atoms with Crippen molar-refractivity contribution in [2.75, 3.05) is 20.3 Å². The highest BCUT2D eigenvalue weighted by atomic mass is 35.5. The van der Waals surface area contributed by atoms with Crippen LogP contribution in [-0.4, -0.2) is 20.3 Å². The van der Waals surface area contributed by atoms with Crippen LogP contribution in [0.15, 0.2) is 18.2 Å². The summed E-state index contributed by atoms with van der Waals surface area (Å²) in [6.45, 7) is 1.16. The summed E-state index contributed by atoms with van der Waals surface area (Å²) in [6.07, 6.45) is 0.786. The maximum absolute atomic E-state index is 8.86. The Morgan fingerprint density at radius 1 is 1.40 bits per heavy atom. The monoisotopic (exact) mass is 225 g/mol. The Hall–Kier alpha value is -1.24. The van der Waals surface area contributed by atoms with Crippen molar-refractivity contribution in [3.8, 4) is 11.8 Å². The fourth-order valence-corrected chi connectivity index (χ4v) is 1.33. The van der Waals surface area contributed by atoms with Crippen LogP contribution in [-0.2, 0) is 4.74 Å². The maximum Gasteiger partial charge on any atom is 0.138 e. The molecule has 0 aliphatic carbocycles. The molecular weight excluding hydrogens is 214 g/mol. The Morgan fingerprint density at radius 2 is 2.20 bits per heavy atom. The molecule has 0 heterocycles. The zero-order valence-electron chi connectivity index (χ0n) is 8.50. The van der Waals surface area contributed by atoms with Crippen molar-refractivity contribution in [2.45, 2.75) is 6.42 Å². The summed E-state index contributed by atoms with van der Waals surface area (Å²) < 4.78 is 10.3. The highest BCUT2D eigenvalue weighted by Crippen LogP contribution is 2.25. The van der Waals surface area contributed by atoms with E-state index in [0.29, 0.717) is 29.5 Å². The number of nitriles is 1. The van der Waals surface area contributed by atoms with E-state index in [1.54, 1.807) is 25.3 Å². The number of hydrogen-bond donors (Lipinski definition) is 0. The molecule has 0 radical (unpaired) electrons. The van der Waals surface area contributed by atoms with E-state index in [4.69, 9.17) is 26.3 Å². The van der Waals surface area contributed by atoms with Gasteiger partial charge in [-0.3, -0.25) is 0 Å². The lowest BCUT2D eigenvalue weighted by molar-refractivity contribution is 0.172. The summed E-state index contributed by atoms with van der Waals surface area (Å²) in [5, 5.41) is 9.28. The molecule has 0 amide bonds. The summed E-state index contributed by atoms with van der Waals surface area (Å²) in [5.41, 5.74) is 0.386. The number of benzene rings is 1. The quantitative estimate of drug-likeness (QED) is 0.724. The van der Waals surface area contributed by atoms with Gasteiger partial charge in [0.1, 0.15) is 17.4 Å². The summed E-state index contributed by atoms with van der Waals surface area (Å²) in [4.78, 5) is 0. The van der Waals surface area contributed by atoms with Gasteiger partial charge in [-0.25, -0.2) is 0 Å². The Morgan fingerprint density at radius 3 is 2.87 bits per heavy atom. The van der Waals surface area contributed by atoms with Crippen molar-refractivity contribution in [1.29, 1.82) is 5.26 Å². The summed E-state index contributed by atoms with van der Waals surface area (Å²) in [7, 11) is 1.64. The van der Waals surface area contributed by atoms with Crippen LogP contribution in [0.1, 0.15) is 12.0 Å². The first-order valence-electron chi connectivity index (χ1n) is 4.60. The Balaban J connectivity index is 2.61. The fourth-order valence-electron chi connectivity index (χ4n) is 1.12. The van der Waals surface area contributed by atoms with Crippen LogP contribution in [0.4, 0.5) is 0 Å². The zero-order valence-corrected chi connectivity index (χ0v) is 9.25. The summed E-state index contributed by atoms with van der Waals surface area (Å²) in [6, 6.07) is 7.18. The number of nitrogens with zero attached hydrogens (tertiary/aromatic N) is 1. The highest BCUT2D eigenvalue weighted by Gasteiger charge is 2.06. The molecule has 0 fully saturated rings. The second-order valence-electron chi connectivity index (χ2n) is 2.92. The summed E-state index contributed by atoms with van der Waals surface area (Å²) in [5.74, 6) is 0.529. The zero-order chi connectivity index (χ0) is 11.1. The van der Waals surface area contributed by atoms with Gasteiger partial charge in [-0.05, 0) is 12.1 Å². The largest absolute Gasteiger partial charge is 0.492 e. The summed E-state index contributed by atoms with van der Waals surface area (Å²) >= 11 is 5.84. The van der Waals surface area contributed by atoms with Crippen LogP contribution in [0.5, 0.6) is 5.75 Å². The molecule has 0 bridgehead atoms. The second kappa shape index (κ2) is 6.28. The average molecular weight is 226 g/mol. The van der Waals surface area contributed by atoms with E-state index in [1.165, 1.54) is 0 Å². The molecule has 80 valence electrons. The van der Waals surface area contributed by atoms with Crippen molar-refractivity contribution < 1.29 is 9.47 Å². The molecule has 0 N–H and O–H groups in total. The van der Waals surface area contributed by atoms with Gasteiger partial charge >= 0.3 is 0 Å². The van der Waals surface area contributed by atoms with E-state index in [9.17, 15) is 0 Å². The third kappa shape index (κ3) is 3.43. The molecule has 0 unspecified atom stereocenters. The van der Waals surface area contributed by atoms with Crippen LogP contribution in [0, 0.1) is 11.3 Å². The second-order valence-corrected chi connectivity index (χ2v) is 3.33. The first-order valence-corrected chi connectivity index (χ1v) is 4.97. The minimum absolute atomic E-state index is 0.386. The van der Waals surface area contributed by atoms with Gasteiger partial charge in [-0.15, -0.1) is 0 Å². The topological polar surface area (TPSA) is 42.2 Å². The molecule has 0 aliphatic rings. The van der Waals surface area contributed by atoms with Gasteiger partial charge in [0.25, 0.3) is 0 Å². The number of halogens is 1. The van der Waals surface area contributed by atoms with Crippen LogP contribution >= 0.6 is 11.6 Å². The molecule has 0 spiro atoms. The lowest BCUT2D eigenvalue weighted by Gasteiger charge is -2.07. The minimum Gasteiger partial charge on any atom is -0.492 e. The standard InChI is InChI=1S/C11H12ClNO2/c1-14-6-3-7-15-11-5-2-4-10(12)9(11)8-13/h2,4-5H,3,6-7H2,1H3. The SMILES string of the molecule is COCCCOc1cccc(Cl)c1C#N. The van der Waals surface area contributed by atoms with Crippen molar-refractivity contribution in [2.24, 2.45) is 0 Å². The molecule has 0 aliphatic heterocycles. The minimum atomic E-state index is 0.386. The molecular formula is C11H12ClNO2. The Bertz CT molecular complexity index is 360. The fraction of sp³-hybridized carbons (Fsp3) is 0.364. The van der Waals surface area contributed by atoms with E-state index >= 15 is 0 Å². The van der Waals surface area contributed by atoms with Gasteiger partial charge in [0.15, 0.2) is 0 Å². The third-order valence-electron chi connectivity index (χ3n) is 1.84. The first kappa shape index (κ1) is 11.8. The molecule has 0 aromatic heterocycles. The van der Waals surface area contributed by atoms with Crippen molar-refractivity contribution >= 4 is 11.6 Å². The number of methoxy groups -OCH3 is 1. The van der Waals surface area contributed by atoms with Gasteiger partial charge in [-0.2, -0.15) is 5.26 Å². The normalized spacial score (nSPS) is 9.67. The van der Waals surface area contributed by atoms with Gasteiger partial charge in [0.05, 0.1) is 11.6 Å². The number of rotatable bonds is 5. The first-order chi connectivity index (χ1) is 7.29. The molecule has 0 saturated heterocycles. The van der Waals surface area contributed by atoms with Crippen LogP contribution < -0.4 is 4.74 Å². The smallest absolute Gasteiger partial charge is 0.138 e. The molecule has 0 saturated carbocycles. The number of hydrogen-bond acceptors (Lipinski definition) is 3. The van der Waals surface area contributed by atoms with Crippen molar-refractivity contribution in [3.05, 3.63) is 28.8 Å². The van der Waals surface area contributed by atoms with Crippen molar-refractivity contribution in [3.63, 3.8) is 0 Å². The molecule has 1 aromatic carbocycles. The van der Waals surface area contributed by atoms with Gasteiger partial charge in [0.2, 0.25) is 0 Å². The molecule has 15 heavy (non-hydrogen) atoms. The lowest BCUT2D eigenvalue weighted by atomic mass is 10.2. The van der Waals surface area contributed by atoms with Crippen LogP contribution in [0.3, 0.4) is 0 Å². The lowest BCUT2D eigenvalue weighted by Crippen LogP contribution is -2.02. The predicted octanol–water partition coefficient (Wildman–Crippen LogP) is 2.63. The molecule has 3 nitrogen and oxygen atoms in total. The maximum atomic E-state index is 8.86. The Kier molecular flexibility index (Phi) is 4.96. The van der Waals surface area contributed by atoms with Crippen LogP contribution in [0.25, 0.3) is 0 Å². The van der Waals surface area contributed by atoms with Gasteiger partial charge in [-0.1, -0.05) is 17.7 Å². The molecule has 1 aromatic rings. The molecule has 0 atom stereocenters. The third-order valence-corrected chi connectivity index (χ3v) is 2.15. The van der Waals surface area contributed by atoms with E-state index in [2.05, 4.69) is 0 Å². The van der Waals surface area contributed by atoms with E-state index in [1.807, 2.05) is 6.07 Å². The van der Waals surface area contributed by atoms with Crippen LogP contribution in [0.2, 0.25) is 5.02 Å². The van der Waals surface area contributed by atoms with Gasteiger partial charge < -0.3 is 9.47 Å². The van der Waals surface area contributed by atoms with E-state index in [0.717, 1.165) is 6.42 Å². The van der Waals surface area contributed by atoms with E-state index in [-0.39, 0.29) is 0 Å². The van der Waals surface area contributed by atoms with Crippen molar-refractivity contribution in [1.82, 2.24) is 0 Å². The average Bonchev–Trinajstić information content (AvgIpc) is 2.24. The molecule has 4 heteroatoms. The van der Waals surface area contributed by atoms with E-state index < -0.39 is 0 Å².